The first-order valence-electron chi connectivity index (χ1n) is 11.1. The van der Waals surface area contributed by atoms with Crippen molar-refractivity contribution >= 4 is 18.1 Å². The lowest BCUT2D eigenvalue weighted by molar-refractivity contribution is -0.123. The van der Waals surface area contributed by atoms with Crippen LogP contribution in [0.1, 0.15) is 41.3 Å². The van der Waals surface area contributed by atoms with Crippen molar-refractivity contribution in [2.24, 2.45) is 5.10 Å². The van der Waals surface area contributed by atoms with E-state index in [0.29, 0.717) is 23.7 Å². The zero-order valence-electron chi connectivity index (χ0n) is 19.3. The first-order valence-corrected chi connectivity index (χ1v) is 11.1. The Labute approximate surface area is 199 Å². The Kier molecular flexibility index (Phi) is 9.22. The van der Waals surface area contributed by atoms with E-state index in [0.717, 1.165) is 29.7 Å². The summed E-state index contributed by atoms with van der Waals surface area (Å²) in [6, 6.07) is 21.2. The van der Waals surface area contributed by atoms with Gasteiger partial charge in [-0.05, 0) is 79.1 Å². The largest absolute Gasteiger partial charge is 0.494 e. The van der Waals surface area contributed by atoms with E-state index in [2.05, 4.69) is 17.5 Å². The molecule has 0 fully saturated rings. The van der Waals surface area contributed by atoms with Crippen LogP contribution in [-0.2, 0) is 4.79 Å². The van der Waals surface area contributed by atoms with Crippen LogP contribution in [0.3, 0.4) is 0 Å². The van der Waals surface area contributed by atoms with Crippen LogP contribution in [0.15, 0.2) is 77.9 Å². The molecule has 3 rings (SSSR count). The third kappa shape index (κ3) is 7.78. The average molecular weight is 461 g/mol. The van der Waals surface area contributed by atoms with Gasteiger partial charge in [0.05, 0.1) is 18.4 Å². The van der Waals surface area contributed by atoms with Crippen LogP contribution in [0.4, 0.5) is 0 Å². The highest BCUT2D eigenvalue weighted by molar-refractivity contribution is 5.92. The van der Waals surface area contributed by atoms with Crippen molar-refractivity contribution in [2.45, 2.75) is 26.7 Å². The normalized spacial score (nSPS) is 10.6. The lowest BCUT2D eigenvalue weighted by atomic mass is 10.1. The maximum atomic E-state index is 12.3. The minimum Gasteiger partial charge on any atom is -0.494 e. The van der Waals surface area contributed by atoms with Crippen LogP contribution in [0.25, 0.3) is 0 Å². The second kappa shape index (κ2) is 12.8. The molecule has 0 saturated heterocycles. The molecule has 3 aromatic carbocycles. The van der Waals surface area contributed by atoms with E-state index in [1.54, 1.807) is 48.5 Å². The Bertz CT molecular complexity index is 1110. The minimum atomic E-state index is -0.412. The maximum Gasteiger partial charge on any atom is 0.343 e. The quantitative estimate of drug-likeness (QED) is 0.144. The molecule has 0 radical (unpaired) electrons. The molecule has 1 amide bonds. The Balaban J connectivity index is 1.41. The number of nitrogens with one attached hydrogen (secondary N) is 1. The predicted octanol–water partition coefficient (Wildman–Crippen LogP) is 4.92. The molecular weight excluding hydrogens is 432 g/mol. The highest BCUT2D eigenvalue weighted by Gasteiger charge is 2.10. The van der Waals surface area contributed by atoms with E-state index in [-0.39, 0.29) is 12.5 Å². The lowest BCUT2D eigenvalue weighted by Crippen LogP contribution is -2.24. The Morgan fingerprint density at radius 1 is 0.882 bits per heavy atom. The number of amides is 1. The van der Waals surface area contributed by atoms with Gasteiger partial charge in [0.2, 0.25) is 0 Å². The second-order valence-electron chi connectivity index (χ2n) is 7.53. The molecule has 0 spiro atoms. The molecule has 7 heteroatoms. The SMILES string of the molecule is CCCCOc1ccc(OCC(=O)N/N=C\c2ccc(OC(=O)c3ccccc3C)cc2)cc1. The minimum absolute atomic E-state index is 0.166. The monoisotopic (exact) mass is 460 g/mol. The lowest BCUT2D eigenvalue weighted by Gasteiger charge is -2.08. The first kappa shape index (κ1) is 24.5. The average Bonchev–Trinajstić information content (AvgIpc) is 2.85. The third-order valence-electron chi connectivity index (χ3n) is 4.82. The Morgan fingerprint density at radius 2 is 1.53 bits per heavy atom. The van der Waals surface area contributed by atoms with Gasteiger partial charge in [-0.25, -0.2) is 10.2 Å². The van der Waals surface area contributed by atoms with Crippen LogP contribution in [-0.4, -0.2) is 31.3 Å². The number of rotatable bonds is 11. The third-order valence-corrected chi connectivity index (χ3v) is 4.82. The molecule has 34 heavy (non-hydrogen) atoms. The van der Waals surface area contributed by atoms with E-state index in [1.807, 2.05) is 31.2 Å². The van der Waals surface area contributed by atoms with Gasteiger partial charge in [0.25, 0.3) is 5.91 Å². The molecule has 0 aliphatic carbocycles. The van der Waals surface area contributed by atoms with Gasteiger partial charge in [-0.15, -0.1) is 0 Å². The van der Waals surface area contributed by atoms with Crippen molar-refractivity contribution in [3.8, 4) is 17.2 Å². The van der Waals surface area contributed by atoms with Crippen LogP contribution in [0, 0.1) is 6.92 Å². The summed E-state index contributed by atoms with van der Waals surface area (Å²) < 4.78 is 16.5. The van der Waals surface area contributed by atoms with E-state index < -0.39 is 5.97 Å². The summed E-state index contributed by atoms with van der Waals surface area (Å²) in [6.07, 6.45) is 3.58. The summed E-state index contributed by atoms with van der Waals surface area (Å²) in [6.45, 7) is 4.48. The Hall–Kier alpha value is -4.13. The molecule has 0 saturated carbocycles. The van der Waals surface area contributed by atoms with Gasteiger partial charge in [0.15, 0.2) is 6.61 Å². The van der Waals surface area contributed by atoms with Gasteiger partial charge in [-0.1, -0.05) is 31.5 Å². The fourth-order valence-electron chi connectivity index (χ4n) is 2.91. The standard InChI is InChI=1S/C27H28N2O5/c1-3-4-17-32-22-13-15-23(16-14-22)33-19-26(30)29-28-18-21-9-11-24(12-10-21)34-27(31)25-8-6-5-7-20(25)2/h5-16,18H,3-4,17,19H2,1-2H3,(H,29,30)/b28-18-. The smallest absolute Gasteiger partial charge is 0.343 e. The van der Waals surface area contributed by atoms with Crippen LogP contribution in [0.2, 0.25) is 0 Å². The number of hydrazone groups is 1. The summed E-state index contributed by atoms with van der Waals surface area (Å²) in [5.74, 6) is 0.960. The molecule has 7 nitrogen and oxygen atoms in total. The van der Waals surface area contributed by atoms with Gasteiger partial charge in [0, 0.05) is 0 Å². The molecule has 3 aromatic rings. The highest BCUT2D eigenvalue weighted by atomic mass is 16.5. The second-order valence-corrected chi connectivity index (χ2v) is 7.53. The van der Waals surface area contributed by atoms with Gasteiger partial charge in [-0.2, -0.15) is 5.10 Å². The summed E-state index contributed by atoms with van der Waals surface area (Å²) in [5, 5.41) is 3.93. The van der Waals surface area contributed by atoms with Gasteiger partial charge in [0.1, 0.15) is 17.2 Å². The van der Waals surface area contributed by atoms with Gasteiger partial charge < -0.3 is 14.2 Å². The van der Waals surface area contributed by atoms with E-state index >= 15 is 0 Å². The van der Waals surface area contributed by atoms with Gasteiger partial charge in [-0.3, -0.25) is 4.79 Å². The molecule has 0 unspecified atom stereocenters. The van der Waals surface area contributed by atoms with E-state index in [1.165, 1.54) is 6.21 Å². The molecule has 1 N–H and O–H groups in total. The molecular formula is C27H28N2O5. The number of aryl methyl sites for hydroxylation is 1. The number of unbranched alkanes of at least 4 members (excludes halogenated alkanes) is 1. The van der Waals surface area contributed by atoms with Crippen LogP contribution in [0.5, 0.6) is 17.2 Å². The number of carbonyl (C=O) groups is 2. The number of nitrogens with zero attached hydrogens (tertiary/aromatic N) is 1. The summed E-state index contributed by atoms with van der Waals surface area (Å²) in [5.41, 5.74) is 4.52. The summed E-state index contributed by atoms with van der Waals surface area (Å²) in [7, 11) is 0. The fraction of sp³-hybridized carbons (Fsp3) is 0.222. The molecule has 0 aliphatic heterocycles. The maximum absolute atomic E-state index is 12.3. The summed E-state index contributed by atoms with van der Waals surface area (Å²) >= 11 is 0. The van der Waals surface area contributed by atoms with Crippen molar-refractivity contribution in [3.63, 3.8) is 0 Å². The molecule has 176 valence electrons. The van der Waals surface area contributed by atoms with Crippen LogP contribution >= 0.6 is 0 Å². The van der Waals surface area contributed by atoms with E-state index in [9.17, 15) is 9.59 Å². The molecule has 0 heterocycles. The fourth-order valence-corrected chi connectivity index (χ4v) is 2.91. The zero-order valence-corrected chi connectivity index (χ0v) is 19.3. The highest BCUT2D eigenvalue weighted by Crippen LogP contribution is 2.18. The van der Waals surface area contributed by atoms with Crippen molar-refractivity contribution in [1.29, 1.82) is 0 Å². The van der Waals surface area contributed by atoms with E-state index in [4.69, 9.17) is 14.2 Å². The van der Waals surface area contributed by atoms with Crippen molar-refractivity contribution in [2.75, 3.05) is 13.2 Å². The number of ether oxygens (including phenoxy) is 3. The molecule has 0 bridgehead atoms. The number of hydrogen-bond donors (Lipinski definition) is 1. The Morgan fingerprint density at radius 3 is 2.21 bits per heavy atom. The molecule has 0 aromatic heterocycles. The zero-order chi connectivity index (χ0) is 24.2. The summed E-state index contributed by atoms with van der Waals surface area (Å²) in [4.78, 5) is 24.2. The van der Waals surface area contributed by atoms with Crippen LogP contribution < -0.4 is 19.6 Å². The van der Waals surface area contributed by atoms with Crippen molar-refractivity contribution < 1.29 is 23.8 Å². The number of esters is 1. The predicted molar refractivity (Wildman–Crippen MR) is 131 cm³/mol. The number of carbonyl (C=O) groups excluding carboxylic acids is 2. The van der Waals surface area contributed by atoms with Gasteiger partial charge >= 0.3 is 5.97 Å². The molecule has 0 aliphatic rings. The van der Waals surface area contributed by atoms with Crippen molar-refractivity contribution in [3.05, 3.63) is 89.5 Å². The topological polar surface area (TPSA) is 86.2 Å². The number of hydrogen-bond acceptors (Lipinski definition) is 6. The first-order chi connectivity index (χ1) is 16.5. The van der Waals surface area contributed by atoms with Crippen molar-refractivity contribution in [1.82, 2.24) is 5.43 Å². The number of benzene rings is 3. The molecule has 0 atom stereocenters.